The molecule has 0 bridgehead atoms. The molecule has 0 saturated carbocycles. The van der Waals surface area contributed by atoms with Crippen molar-refractivity contribution < 1.29 is 0 Å². The van der Waals surface area contributed by atoms with Gasteiger partial charge in [0.2, 0.25) is 5.95 Å². The van der Waals surface area contributed by atoms with Crippen molar-refractivity contribution in [3.8, 4) is 0 Å². The van der Waals surface area contributed by atoms with Crippen LogP contribution in [0, 0.1) is 5.92 Å². The quantitative estimate of drug-likeness (QED) is 0.465. The molecule has 3 rings (SSSR count). The fraction of sp³-hybridized carbons (Fsp3) is 0.750. The van der Waals surface area contributed by atoms with Gasteiger partial charge in [0, 0.05) is 52.2 Å². The summed E-state index contributed by atoms with van der Waals surface area (Å²) in [4.78, 5) is 20.4. The molecule has 1 aromatic rings. The van der Waals surface area contributed by atoms with Crippen molar-refractivity contribution in [1.29, 1.82) is 0 Å². The lowest BCUT2D eigenvalue weighted by atomic mass is 9.99. The average Bonchev–Trinajstić information content (AvgIpc) is 2.73. The standard InChI is InChI=1S/C20H35N7/c1-18-6-12-25(13-7-18)11-4-3-8-22-19(21-2)26-14-16-27(17-15-26)20-23-9-5-10-24-20/h5,9-10,18H,3-4,6-8,11-17H2,1-2H3,(H,21,22). The molecule has 7 heteroatoms. The summed E-state index contributed by atoms with van der Waals surface area (Å²) in [6.45, 7) is 10.9. The third-order valence-corrected chi connectivity index (χ3v) is 5.69. The van der Waals surface area contributed by atoms with E-state index in [0.717, 1.165) is 50.5 Å². The Kier molecular flexibility index (Phi) is 7.68. The molecule has 7 nitrogen and oxygen atoms in total. The topological polar surface area (TPSA) is 59.9 Å². The molecule has 2 fully saturated rings. The van der Waals surface area contributed by atoms with Gasteiger partial charge in [-0.15, -0.1) is 0 Å². The summed E-state index contributed by atoms with van der Waals surface area (Å²) in [5.41, 5.74) is 0. The molecule has 0 amide bonds. The van der Waals surface area contributed by atoms with Gasteiger partial charge >= 0.3 is 0 Å². The van der Waals surface area contributed by atoms with Crippen molar-refractivity contribution in [2.45, 2.75) is 32.6 Å². The molecular formula is C20H35N7. The number of anilines is 1. The third kappa shape index (κ3) is 6.06. The number of hydrogen-bond acceptors (Lipinski definition) is 5. The highest BCUT2D eigenvalue weighted by molar-refractivity contribution is 5.80. The molecule has 27 heavy (non-hydrogen) atoms. The zero-order valence-electron chi connectivity index (χ0n) is 17.0. The summed E-state index contributed by atoms with van der Waals surface area (Å²) < 4.78 is 0. The lowest BCUT2D eigenvalue weighted by molar-refractivity contribution is 0.189. The van der Waals surface area contributed by atoms with E-state index < -0.39 is 0 Å². The SMILES string of the molecule is CN=C(NCCCCN1CCC(C)CC1)N1CCN(c2ncccn2)CC1. The number of unbranched alkanes of at least 4 members (excludes halogenated alkanes) is 1. The lowest BCUT2D eigenvalue weighted by Crippen LogP contribution is -2.53. The maximum absolute atomic E-state index is 4.48. The molecule has 1 N–H and O–H groups in total. The van der Waals surface area contributed by atoms with E-state index in [1.54, 1.807) is 12.4 Å². The largest absolute Gasteiger partial charge is 0.356 e. The predicted octanol–water partition coefficient (Wildman–Crippen LogP) is 1.69. The first-order valence-electron chi connectivity index (χ1n) is 10.5. The van der Waals surface area contributed by atoms with Crippen molar-refractivity contribution in [2.75, 3.05) is 64.3 Å². The predicted molar refractivity (Wildman–Crippen MR) is 111 cm³/mol. The summed E-state index contributed by atoms with van der Waals surface area (Å²) in [5.74, 6) is 2.77. The van der Waals surface area contributed by atoms with Crippen molar-refractivity contribution in [3.05, 3.63) is 18.5 Å². The molecule has 150 valence electrons. The Hall–Kier alpha value is -1.89. The number of nitrogens with zero attached hydrogens (tertiary/aromatic N) is 6. The number of aliphatic imine (C=N–C) groups is 1. The van der Waals surface area contributed by atoms with Gasteiger partial charge in [0.1, 0.15) is 0 Å². The third-order valence-electron chi connectivity index (χ3n) is 5.69. The highest BCUT2D eigenvalue weighted by Crippen LogP contribution is 2.16. The number of hydrogen-bond donors (Lipinski definition) is 1. The van der Waals surface area contributed by atoms with Crippen molar-refractivity contribution in [2.24, 2.45) is 10.9 Å². The first-order valence-corrected chi connectivity index (χ1v) is 10.5. The summed E-state index contributed by atoms with van der Waals surface area (Å²) >= 11 is 0. The van der Waals surface area contributed by atoms with E-state index in [2.05, 4.69) is 41.9 Å². The van der Waals surface area contributed by atoms with Gasteiger partial charge in [-0.1, -0.05) is 6.92 Å². The highest BCUT2D eigenvalue weighted by atomic mass is 15.4. The van der Waals surface area contributed by atoms with Gasteiger partial charge in [-0.05, 0) is 57.3 Å². The minimum Gasteiger partial charge on any atom is -0.356 e. The second kappa shape index (κ2) is 10.4. The first kappa shape index (κ1) is 19.9. The summed E-state index contributed by atoms with van der Waals surface area (Å²) in [6.07, 6.45) is 8.80. The van der Waals surface area contributed by atoms with Crippen LogP contribution in [-0.2, 0) is 0 Å². The van der Waals surface area contributed by atoms with Crippen LogP contribution in [0.25, 0.3) is 0 Å². The van der Waals surface area contributed by atoms with E-state index in [9.17, 15) is 0 Å². The van der Waals surface area contributed by atoms with E-state index in [1.807, 2.05) is 13.1 Å². The maximum Gasteiger partial charge on any atom is 0.225 e. The smallest absolute Gasteiger partial charge is 0.225 e. The van der Waals surface area contributed by atoms with Crippen LogP contribution >= 0.6 is 0 Å². The number of piperidine rings is 1. The zero-order chi connectivity index (χ0) is 18.9. The number of nitrogens with one attached hydrogen (secondary N) is 1. The number of piperazine rings is 1. The Morgan fingerprint density at radius 3 is 2.44 bits per heavy atom. The Balaban J connectivity index is 1.31. The van der Waals surface area contributed by atoms with Crippen LogP contribution in [0.15, 0.2) is 23.5 Å². The molecule has 2 aliphatic heterocycles. The van der Waals surface area contributed by atoms with E-state index in [4.69, 9.17) is 0 Å². The molecule has 0 atom stereocenters. The number of rotatable bonds is 6. The van der Waals surface area contributed by atoms with Gasteiger partial charge < -0.3 is 20.0 Å². The fourth-order valence-corrected chi connectivity index (χ4v) is 3.85. The van der Waals surface area contributed by atoms with Gasteiger partial charge in [-0.25, -0.2) is 9.97 Å². The van der Waals surface area contributed by atoms with Crippen molar-refractivity contribution >= 4 is 11.9 Å². The van der Waals surface area contributed by atoms with Gasteiger partial charge in [0.15, 0.2) is 5.96 Å². The second-order valence-electron chi connectivity index (χ2n) is 7.73. The van der Waals surface area contributed by atoms with Gasteiger partial charge in [0.05, 0.1) is 0 Å². The number of aromatic nitrogens is 2. The Morgan fingerprint density at radius 1 is 1.07 bits per heavy atom. The number of likely N-dealkylation sites (tertiary alicyclic amines) is 1. The summed E-state index contributed by atoms with van der Waals surface area (Å²) in [6, 6.07) is 1.86. The molecule has 2 aliphatic rings. The van der Waals surface area contributed by atoms with Crippen LogP contribution in [0.5, 0.6) is 0 Å². The zero-order valence-corrected chi connectivity index (χ0v) is 17.0. The minimum atomic E-state index is 0.826. The molecular weight excluding hydrogens is 338 g/mol. The van der Waals surface area contributed by atoms with Crippen LogP contribution in [0.2, 0.25) is 0 Å². The van der Waals surface area contributed by atoms with Crippen molar-refractivity contribution in [3.63, 3.8) is 0 Å². The molecule has 0 spiro atoms. The molecule has 0 unspecified atom stereocenters. The fourth-order valence-electron chi connectivity index (χ4n) is 3.85. The number of guanidine groups is 1. The molecule has 0 radical (unpaired) electrons. The van der Waals surface area contributed by atoms with Crippen LogP contribution in [-0.4, -0.2) is 85.1 Å². The first-order chi connectivity index (χ1) is 13.3. The van der Waals surface area contributed by atoms with Crippen molar-refractivity contribution in [1.82, 2.24) is 25.1 Å². The van der Waals surface area contributed by atoms with Gasteiger partial charge in [-0.2, -0.15) is 0 Å². The Labute approximate surface area is 163 Å². The maximum atomic E-state index is 4.48. The van der Waals surface area contributed by atoms with E-state index in [0.29, 0.717) is 0 Å². The molecule has 0 aliphatic carbocycles. The summed E-state index contributed by atoms with van der Waals surface area (Å²) in [7, 11) is 1.88. The molecule has 1 aromatic heterocycles. The minimum absolute atomic E-state index is 0.826. The Morgan fingerprint density at radius 2 is 1.78 bits per heavy atom. The van der Waals surface area contributed by atoms with Crippen LogP contribution in [0.1, 0.15) is 32.6 Å². The highest BCUT2D eigenvalue weighted by Gasteiger charge is 2.21. The van der Waals surface area contributed by atoms with Crippen LogP contribution in [0.3, 0.4) is 0 Å². The molecule has 3 heterocycles. The molecule has 2 saturated heterocycles. The van der Waals surface area contributed by atoms with Gasteiger partial charge in [0.25, 0.3) is 0 Å². The van der Waals surface area contributed by atoms with E-state index in [1.165, 1.54) is 45.3 Å². The summed E-state index contributed by atoms with van der Waals surface area (Å²) in [5, 5.41) is 3.55. The Bertz CT molecular complexity index is 561. The van der Waals surface area contributed by atoms with Crippen LogP contribution in [0.4, 0.5) is 5.95 Å². The lowest BCUT2D eigenvalue weighted by Gasteiger charge is -2.36. The molecule has 0 aromatic carbocycles. The van der Waals surface area contributed by atoms with E-state index >= 15 is 0 Å². The normalized spacial score (nSPS) is 20.1. The van der Waals surface area contributed by atoms with Crippen LogP contribution < -0.4 is 10.2 Å². The van der Waals surface area contributed by atoms with E-state index in [-0.39, 0.29) is 0 Å². The monoisotopic (exact) mass is 373 g/mol. The average molecular weight is 374 g/mol. The second-order valence-corrected chi connectivity index (χ2v) is 7.73. The van der Waals surface area contributed by atoms with Gasteiger partial charge in [-0.3, -0.25) is 4.99 Å².